The van der Waals surface area contributed by atoms with Gasteiger partial charge in [0.15, 0.2) is 0 Å². The summed E-state index contributed by atoms with van der Waals surface area (Å²) >= 11 is 0. The van der Waals surface area contributed by atoms with Crippen molar-refractivity contribution in [1.29, 1.82) is 0 Å². The second kappa shape index (κ2) is 9.02. The summed E-state index contributed by atoms with van der Waals surface area (Å²) in [4.78, 5) is 15.4. The largest absolute Gasteiger partial charge is 0.439 e. The van der Waals surface area contributed by atoms with Gasteiger partial charge in [-0.3, -0.25) is 0 Å². The van der Waals surface area contributed by atoms with Gasteiger partial charge < -0.3 is 9.53 Å². The van der Waals surface area contributed by atoms with Crippen LogP contribution >= 0.6 is 0 Å². The number of nitrogens with zero attached hydrogens (tertiary/aromatic N) is 1. The Kier molecular flexibility index (Phi) is 6.74. The molecule has 2 aromatic rings. The summed E-state index contributed by atoms with van der Waals surface area (Å²) in [5.74, 6) is 1.84. The maximum absolute atomic E-state index is 11.1. The van der Waals surface area contributed by atoms with Crippen LogP contribution in [0.1, 0.15) is 44.7 Å². The number of aryl methyl sites for hydroxylation is 1. The molecule has 1 atom stereocenters. The van der Waals surface area contributed by atoms with Crippen LogP contribution in [0, 0.1) is 5.92 Å². The Morgan fingerprint density at radius 1 is 1.21 bits per heavy atom. The zero-order chi connectivity index (χ0) is 17.4. The van der Waals surface area contributed by atoms with Gasteiger partial charge in [-0.15, -0.1) is 0 Å². The zero-order valence-electron chi connectivity index (χ0n) is 14.7. The van der Waals surface area contributed by atoms with Gasteiger partial charge in [-0.2, -0.15) is 0 Å². The Morgan fingerprint density at radius 2 is 1.96 bits per heavy atom. The maximum Gasteiger partial charge on any atom is 0.219 e. The summed E-state index contributed by atoms with van der Waals surface area (Å²) in [7, 11) is 0. The molecule has 0 spiro atoms. The Balaban J connectivity index is 1.94. The van der Waals surface area contributed by atoms with Crippen molar-refractivity contribution in [3.63, 3.8) is 0 Å². The molecule has 1 heterocycles. The monoisotopic (exact) mass is 323 g/mol. The van der Waals surface area contributed by atoms with Gasteiger partial charge >= 0.3 is 0 Å². The smallest absolute Gasteiger partial charge is 0.219 e. The molecule has 0 aliphatic heterocycles. The van der Waals surface area contributed by atoms with Crippen LogP contribution in [-0.4, -0.2) is 10.8 Å². The Labute approximate surface area is 144 Å². The van der Waals surface area contributed by atoms with E-state index < -0.39 is 0 Å². The molecule has 0 amide bonds. The van der Waals surface area contributed by atoms with E-state index in [1.807, 2.05) is 49.5 Å². The lowest BCUT2D eigenvalue weighted by Crippen LogP contribution is -1.97. The lowest BCUT2D eigenvalue weighted by Gasteiger charge is -2.06. The van der Waals surface area contributed by atoms with Gasteiger partial charge in [-0.05, 0) is 42.5 Å². The lowest BCUT2D eigenvalue weighted by molar-refractivity contribution is -0.117. The summed E-state index contributed by atoms with van der Waals surface area (Å²) in [6.07, 6.45) is 8.70. The molecule has 0 aliphatic rings. The highest BCUT2D eigenvalue weighted by Crippen LogP contribution is 2.21. The minimum atomic E-state index is 0.216. The first-order valence-corrected chi connectivity index (χ1v) is 8.47. The van der Waals surface area contributed by atoms with Crippen molar-refractivity contribution in [2.75, 3.05) is 0 Å². The average Bonchev–Trinajstić information content (AvgIpc) is 2.56. The molecule has 0 bridgehead atoms. The summed E-state index contributed by atoms with van der Waals surface area (Å²) in [5.41, 5.74) is 2.31. The Hall–Kier alpha value is -2.42. The summed E-state index contributed by atoms with van der Waals surface area (Å²) < 4.78 is 5.76. The first-order valence-electron chi connectivity index (χ1n) is 8.47. The van der Waals surface area contributed by atoms with Crippen molar-refractivity contribution in [2.24, 2.45) is 5.92 Å². The third-order valence-electron chi connectivity index (χ3n) is 3.67. The molecule has 1 aromatic heterocycles. The standard InChI is InChI=1S/C21H25NO2/c1-4-5-19-10-13-21(22-15-19)24-20-11-8-18(9-12-20)7-6-16(2)14-17(3)23/h6-13,15-16H,4-5,14H2,1-3H3/b7-6+/t16-/m0/s1. The molecule has 0 saturated carbocycles. The first-order chi connectivity index (χ1) is 11.6. The Bertz CT molecular complexity index is 672. The van der Waals surface area contributed by atoms with E-state index in [0.717, 1.165) is 24.2 Å². The van der Waals surface area contributed by atoms with Gasteiger partial charge in [0.25, 0.3) is 0 Å². The molecular weight excluding hydrogens is 298 g/mol. The number of aromatic nitrogens is 1. The van der Waals surface area contributed by atoms with E-state index in [4.69, 9.17) is 4.74 Å². The molecule has 2 rings (SSSR count). The Morgan fingerprint density at radius 3 is 2.54 bits per heavy atom. The minimum absolute atomic E-state index is 0.216. The number of allylic oxidation sites excluding steroid dienone is 1. The summed E-state index contributed by atoms with van der Waals surface area (Å²) in [6.45, 7) is 5.82. The second-order valence-corrected chi connectivity index (χ2v) is 6.17. The maximum atomic E-state index is 11.1. The molecule has 24 heavy (non-hydrogen) atoms. The molecule has 0 N–H and O–H groups in total. The summed E-state index contributed by atoms with van der Waals surface area (Å²) in [6, 6.07) is 11.8. The van der Waals surface area contributed by atoms with E-state index in [9.17, 15) is 4.79 Å². The minimum Gasteiger partial charge on any atom is -0.439 e. The van der Waals surface area contributed by atoms with Crippen LogP contribution in [0.3, 0.4) is 0 Å². The number of ketones is 1. The van der Waals surface area contributed by atoms with E-state index in [2.05, 4.69) is 24.1 Å². The van der Waals surface area contributed by atoms with Gasteiger partial charge in [0.2, 0.25) is 5.88 Å². The average molecular weight is 323 g/mol. The number of rotatable bonds is 8. The van der Waals surface area contributed by atoms with Gasteiger partial charge in [0.1, 0.15) is 11.5 Å². The van der Waals surface area contributed by atoms with Crippen molar-refractivity contribution in [3.05, 3.63) is 59.8 Å². The number of carbonyl (C=O) groups excluding carboxylic acids is 1. The lowest BCUT2D eigenvalue weighted by atomic mass is 10.0. The SMILES string of the molecule is CCCc1ccc(Oc2ccc(/C=C/[C@H](C)CC(C)=O)cc2)nc1. The molecule has 0 unspecified atom stereocenters. The second-order valence-electron chi connectivity index (χ2n) is 6.17. The number of ether oxygens (including phenoxy) is 1. The molecule has 3 heteroatoms. The molecule has 126 valence electrons. The van der Waals surface area contributed by atoms with Gasteiger partial charge in [0.05, 0.1) is 0 Å². The fourth-order valence-electron chi connectivity index (χ4n) is 2.47. The van der Waals surface area contributed by atoms with E-state index >= 15 is 0 Å². The van der Waals surface area contributed by atoms with Crippen LogP contribution in [0.15, 0.2) is 48.7 Å². The fraction of sp³-hybridized carbons (Fsp3) is 0.333. The predicted octanol–water partition coefficient (Wildman–Crippen LogP) is 5.45. The zero-order valence-corrected chi connectivity index (χ0v) is 14.7. The quantitative estimate of drug-likeness (QED) is 0.648. The van der Waals surface area contributed by atoms with Crippen molar-refractivity contribution in [1.82, 2.24) is 4.98 Å². The van der Waals surface area contributed by atoms with Crippen molar-refractivity contribution >= 4 is 11.9 Å². The normalized spacial score (nSPS) is 12.3. The van der Waals surface area contributed by atoms with Gasteiger partial charge in [-0.1, -0.05) is 50.6 Å². The molecule has 0 aliphatic carbocycles. The highest BCUT2D eigenvalue weighted by Gasteiger charge is 2.02. The number of benzene rings is 1. The van der Waals surface area contributed by atoms with Gasteiger partial charge in [0, 0.05) is 18.7 Å². The van der Waals surface area contributed by atoms with E-state index in [1.54, 1.807) is 6.92 Å². The molecule has 3 nitrogen and oxygen atoms in total. The number of carbonyl (C=O) groups is 1. The molecule has 1 aromatic carbocycles. The summed E-state index contributed by atoms with van der Waals surface area (Å²) in [5, 5.41) is 0. The number of Topliss-reactive ketones (excluding diaryl/α,β-unsaturated/α-hetero) is 1. The number of hydrogen-bond donors (Lipinski definition) is 0. The highest BCUT2D eigenvalue weighted by atomic mass is 16.5. The van der Waals surface area contributed by atoms with Crippen LogP contribution in [-0.2, 0) is 11.2 Å². The van der Waals surface area contributed by atoms with E-state index in [-0.39, 0.29) is 11.7 Å². The van der Waals surface area contributed by atoms with E-state index in [1.165, 1.54) is 5.56 Å². The third kappa shape index (κ3) is 5.99. The molecule has 0 saturated heterocycles. The first kappa shape index (κ1) is 17.9. The fourth-order valence-corrected chi connectivity index (χ4v) is 2.47. The van der Waals surface area contributed by atoms with Crippen LogP contribution in [0.5, 0.6) is 11.6 Å². The van der Waals surface area contributed by atoms with Crippen LogP contribution < -0.4 is 4.74 Å². The van der Waals surface area contributed by atoms with Crippen molar-refractivity contribution < 1.29 is 9.53 Å². The molecule has 0 radical (unpaired) electrons. The predicted molar refractivity (Wildman–Crippen MR) is 98.2 cm³/mol. The van der Waals surface area contributed by atoms with Crippen LogP contribution in [0.4, 0.5) is 0 Å². The highest BCUT2D eigenvalue weighted by molar-refractivity contribution is 5.76. The van der Waals surface area contributed by atoms with Crippen LogP contribution in [0.2, 0.25) is 0 Å². The molecule has 0 fully saturated rings. The third-order valence-corrected chi connectivity index (χ3v) is 3.67. The van der Waals surface area contributed by atoms with Crippen molar-refractivity contribution in [2.45, 2.75) is 40.0 Å². The number of hydrogen-bond acceptors (Lipinski definition) is 3. The van der Waals surface area contributed by atoms with Crippen molar-refractivity contribution in [3.8, 4) is 11.6 Å². The number of pyridine rings is 1. The van der Waals surface area contributed by atoms with E-state index in [0.29, 0.717) is 12.3 Å². The molecular formula is C21H25NO2. The topological polar surface area (TPSA) is 39.2 Å². The van der Waals surface area contributed by atoms with Gasteiger partial charge in [-0.25, -0.2) is 4.98 Å². The van der Waals surface area contributed by atoms with Crippen LogP contribution in [0.25, 0.3) is 6.08 Å².